The van der Waals surface area contributed by atoms with E-state index < -0.39 is 10.0 Å². The minimum atomic E-state index is -3.32. The maximum absolute atomic E-state index is 12.6. The quantitative estimate of drug-likeness (QED) is 0.909. The van der Waals surface area contributed by atoms with Crippen molar-refractivity contribution in [2.45, 2.75) is 51.1 Å². The van der Waals surface area contributed by atoms with Crippen molar-refractivity contribution in [3.63, 3.8) is 0 Å². The molecule has 1 N–H and O–H groups in total. The molecule has 0 atom stereocenters. The number of nitrogens with one attached hydrogen (secondary N) is 1. The van der Waals surface area contributed by atoms with Crippen LogP contribution in [0.4, 0.5) is 0 Å². The molecule has 1 aromatic carbocycles. The Labute approximate surface area is 128 Å². The highest BCUT2D eigenvalue weighted by atomic mass is 32.2. The van der Waals surface area contributed by atoms with Crippen LogP contribution in [-0.2, 0) is 16.6 Å². The van der Waals surface area contributed by atoms with Gasteiger partial charge in [0.2, 0.25) is 10.0 Å². The highest BCUT2D eigenvalue weighted by molar-refractivity contribution is 7.89. The molecule has 1 heterocycles. The van der Waals surface area contributed by atoms with Crippen LogP contribution in [-0.4, -0.2) is 31.9 Å². The Morgan fingerprint density at radius 3 is 2.29 bits per heavy atom. The summed E-state index contributed by atoms with van der Waals surface area (Å²) in [5, 5.41) is 3.33. The minimum absolute atomic E-state index is 0.408. The van der Waals surface area contributed by atoms with Crippen LogP contribution in [0.25, 0.3) is 0 Å². The maximum Gasteiger partial charge on any atom is 0.243 e. The topological polar surface area (TPSA) is 49.4 Å². The lowest BCUT2D eigenvalue weighted by Crippen LogP contribution is -2.37. The Bertz CT molecular complexity index is 544. The van der Waals surface area contributed by atoms with Crippen LogP contribution in [0.3, 0.4) is 0 Å². The molecule has 0 radical (unpaired) electrons. The first-order valence-electron chi connectivity index (χ1n) is 7.72. The fraction of sp³-hybridized carbons (Fsp3) is 0.625. The first-order chi connectivity index (χ1) is 9.89. The van der Waals surface area contributed by atoms with Crippen LogP contribution in [0, 0.1) is 5.92 Å². The molecule has 4 nitrogen and oxygen atoms in total. The zero-order valence-corrected chi connectivity index (χ0v) is 14.0. The largest absolute Gasteiger partial charge is 0.310 e. The minimum Gasteiger partial charge on any atom is -0.310 e. The fourth-order valence-electron chi connectivity index (χ4n) is 2.48. The fourth-order valence-corrected chi connectivity index (χ4v) is 3.95. The van der Waals surface area contributed by atoms with Gasteiger partial charge in [-0.3, -0.25) is 0 Å². The van der Waals surface area contributed by atoms with E-state index >= 15 is 0 Å². The van der Waals surface area contributed by atoms with Gasteiger partial charge >= 0.3 is 0 Å². The Hall–Kier alpha value is -0.910. The van der Waals surface area contributed by atoms with Crippen molar-refractivity contribution in [1.82, 2.24) is 9.62 Å². The smallest absolute Gasteiger partial charge is 0.243 e. The molecule has 5 heteroatoms. The second kappa shape index (κ2) is 6.90. The van der Waals surface area contributed by atoms with Gasteiger partial charge in [0.05, 0.1) is 4.90 Å². The van der Waals surface area contributed by atoms with Gasteiger partial charge in [-0.25, -0.2) is 8.42 Å². The number of rotatable bonds is 5. The zero-order chi connectivity index (χ0) is 15.5. The van der Waals surface area contributed by atoms with Crippen molar-refractivity contribution < 1.29 is 8.42 Å². The Kier molecular flexibility index (Phi) is 5.41. The molecule has 1 saturated heterocycles. The first kappa shape index (κ1) is 16.5. The van der Waals surface area contributed by atoms with E-state index in [1.54, 1.807) is 16.4 Å². The van der Waals surface area contributed by atoms with E-state index in [9.17, 15) is 8.42 Å². The number of hydrogen-bond acceptors (Lipinski definition) is 3. The Morgan fingerprint density at radius 2 is 1.76 bits per heavy atom. The molecular weight excluding hydrogens is 284 g/mol. The van der Waals surface area contributed by atoms with Gasteiger partial charge < -0.3 is 5.32 Å². The SMILES string of the molecule is CC1CCN(S(=O)(=O)c2ccc(CNC(C)C)cc2)CC1. The number of benzene rings is 1. The molecule has 0 unspecified atom stereocenters. The van der Waals surface area contributed by atoms with Crippen molar-refractivity contribution in [2.75, 3.05) is 13.1 Å². The summed E-state index contributed by atoms with van der Waals surface area (Å²) in [6.07, 6.45) is 1.91. The van der Waals surface area contributed by atoms with Crippen LogP contribution < -0.4 is 5.32 Å². The average Bonchev–Trinajstić information content (AvgIpc) is 2.46. The molecule has 0 aliphatic carbocycles. The molecule has 1 aromatic rings. The summed E-state index contributed by atoms with van der Waals surface area (Å²) in [7, 11) is -3.32. The first-order valence-corrected chi connectivity index (χ1v) is 9.16. The predicted octanol–water partition coefficient (Wildman–Crippen LogP) is 2.61. The van der Waals surface area contributed by atoms with Gasteiger partial charge in [-0.1, -0.05) is 32.9 Å². The monoisotopic (exact) mass is 310 g/mol. The lowest BCUT2D eigenvalue weighted by molar-refractivity contribution is 0.288. The number of hydrogen-bond donors (Lipinski definition) is 1. The molecule has 118 valence electrons. The highest BCUT2D eigenvalue weighted by Crippen LogP contribution is 2.23. The Morgan fingerprint density at radius 1 is 1.19 bits per heavy atom. The summed E-state index contributed by atoms with van der Waals surface area (Å²) in [6, 6.07) is 7.67. The third-order valence-electron chi connectivity index (χ3n) is 4.02. The molecule has 0 amide bonds. The average molecular weight is 310 g/mol. The summed E-state index contributed by atoms with van der Waals surface area (Å²) < 4.78 is 26.8. The summed E-state index contributed by atoms with van der Waals surface area (Å²) in [6.45, 7) is 8.41. The van der Waals surface area contributed by atoms with E-state index in [1.807, 2.05) is 12.1 Å². The lowest BCUT2D eigenvalue weighted by atomic mass is 10.0. The molecule has 1 fully saturated rings. The van der Waals surface area contributed by atoms with Crippen LogP contribution >= 0.6 is 0 Å². The molecule has 0 bridgehead atoms. The third-order valence-corrected chi connectivity index (χ3v) is 5.93. The lowest BCUT2D eigenvalue weighted by Gasteiger charge is -2.29. The van der Waals surface area contributed by atoms with Crippen molar-refractivity contribution >= 4 is 10.0 Å². The standard InChI is InChI=1S/C16H26N2O2S/c1-13(2)17-12-15-4-6-16(7-5-15)21(19,20)18-10-8-14(3)9-11-18/h4-7,13-14,17H,8-12H2,1-3H3. The maximum atomic E-state index is 12.6. The summed E-state index contributed by atoms with van der Waals surface area (Å²) in [4.78, 5) is 0.408. The van der Waals surface area contributed by atoms with Gasteiger partial charge in [0.25, 0.3) is 0 Å². The Balaban J connectivity index is 2.06. The number of sulfonamides is 1. The molecule has 1 aliphatic heterocycles. The van der Waals surface area contributed by atoms with E-state index in [1.165, 1.54) is 0 Å². The molecule has 21 heavy (non-hydrogen) atoms. The highest BCUT2D eigenvalue weighted by Gasteiger charge is 2.27. The van der Waals surface area contributed by atoms with E-state index in [4.69, 9.17) is 0 Å². The van der Waals surface area contributed by atoms with Crippen molar-refractivity contribution in [3.05, 3.63) is 29.8 Å². The normalized spacial score (nSPS) is 18.3. The molecule has 0 aromatic heterocycles. The van der Waals surface area contributed by atoms with Crippen LogP contribution in [0.15, 0.2) is 29.2 Å². The number of nitrogens with zero attached hydrogens (tertiary/aromatic N) is 1. The van der Waals surface area contributed by atoms with Crippen molar-refractivity contribution in [1.29, 1.82) is 0 Å². The van der Waals surface area contributed by atoms with Gasteiger partial charge in [-0.15, -0.1) is 0 Å². The van der Waals surface area contributed by atoms with E-state index in [0.29, 0.717) is 29.9 Å². The van der Waals surface area contributed by atoms with E-state index in [-0.39, 0.29) is 0 Å². The van der Waals surface area contributed by atoms with E-state index in [2.05, 4.69) is 26.1 Å². The zero-order valence-electron chi connectivity index (χ0n) is 13.2. The summed E-state index contributed by atoms with van der Waals surface area (Å²) in [5.74, 6) is 0.626. The molecule has 0 saturated carbocycles. The number of piperidine rings is 1. The van der Waals surface area contributed by atoms with Gasteiger partial charge in [-0.2, -0.15) is 4.31 Å². The summed E-state index contributed by atoms with van der Waals surface area (Å²) in [5.41, 5.74) is 1.11. The molecule has 0 spiro atoms. The van der Waals surface area contributed by atoms with Crippen molar-refractivity contribution in [3.8, 4) is 0 Å². The second-order valence-corrected chi connectivity index (χ2v) is 8.20. The molecule has 1 aliphatic rings. The van der Waals surface area contributed by atoms with Crippen molar-refractivity contribution in [2.24, 2.45) is 5.92 Å². The van der Waals surface area contributed by atoms with Gasteiger partial charge in [0.15, 0.2) is 0 Å². The second-order valence-electron chi connectivity index (χ2n) is 6.27. The van der Waals surface area contributed by atoms with E-state index in [0.717, 1.165) is 24.9 Å². The van der Waals surface area contributed by atoms with Crippen LogP contribution in [0.2, 0.25) is 0 Å². The van der Waals surface area contributed by atoms with Crippen LogP contribution in [0.5, 0.6) is 0 Å². The predicted molar refractivity (Wildman–Crippen MR) is 85.6 cm³/mol. The summed E-state index contributed by atoms with van der Waals surface area (Å²) >= 11 is 0. The van der Waals surface area contributed by atoms with Gasteiger partial charge in [0, 0.05) is 25.7 Å². The van der Waals surface area contributed by atoms with Crippen LogP contribution in [0.1, 0.15) is 39.2 Å². The third kappa shape index (κ3) is 4.28. The molecule has 2 rings (SSSR count). The van der Waals surface area contributed by atoms with Gasteiger partial charge in [0.1, 0.15) is 0 Å². The van der Waals surface area contributed by atoms with Gasteiger partial charge in [-0.05, 0) is 36.5 Å². The molecular formula is C16H26N2O2S.